The van der Waals surface area contributed by atoms with E-state index in [1.807, 2.05) is 30.3 Å². The van der Waals surface area contributed by atoms with E-state index in [0.717, 1.165) is 44.8 Å². The lowest BCUT2D eigenvalue weighted by molar-refractivity contribution is 0.0729. The van der Waals surface area contributed by atoms with Crippen molar-refractivity contribution in [3.05, 3.63) is 93.9 Å². The summed E-state index contributed by atoms with van der Waals surface area (Å²) in [5, 5.41) is 5.29. The largest absolute Gasteiger partial charge is 0.496 e. The third-order valence-electron chi connectivity index (χ3n) is 6.77. The van der Waals surface area contributed by atoms with Crippen LogP contribution in [0.25, 0.3) is 16.7 Å². The Labute approximate surface area is 232 Å². The number of para-hydroxylation sites is 1. The van der Waals surface area contributed by atoms with Crippen LogP contribution in [0.2, 0.25) is 0 Å². The lowest BCUT2D eigenvalue weighted by atomic mass is 9.81. The number of methoxy groups -OCH3 is 2. The number of nitrogens with two attached hydrogens (primary N) is 1. The van der Waals surface area contributed by atoms with E-state index in [1.165, 1.54) is 11.3 Å². The smallest absolute Gasteiger partial charge is 0.363 e. The van der Waals surface area contributed by atoms with Crippen LogP contribution in [-0.4, -0.2) is 30.7 Å². The molecular formula is C31H31N3O4S. The molecule has 0 saturated carbocycles. The SMILES string of the molecule is COc1cc(OC(=O)c2cscn2)ccc1-c1ccc2c(c1C(N)c1ccccc1OC)C(C)=CC(C)(C)N2. The summed E-state index contributed by atoms with van der Waals surface area (Å²) in [6.07, 6.45) is 2.22. The van der Waals surface area contributed by atoms with Crippen LogP contribution in [0.15, 0.2) is 71.6 Å². The predicted octanol–water partition coefficient (Wildman–Crippen LogP) is 6.70. The van der Waals surface area contributed by atoms with Crippen molar-refractivity contribution in [1.29, 1.82) is 0 Å². The third-order valence-corrected chi connectivity index (χ3v) is 7.36. The number of ether oxygens (including phenoxy) is 3. The summed E-state index contributed by atoms with van der Waals surface area (Å²) >= 11 is 1.33. The zero-order chi connectivity index (χ0) is 27.7. The average molecular weight is 542 g/mol. The maximum absolute atomic E-state index is 12.5. The van der Waals surface area contributed by atoms with Crippen molar-refractivity contribution in [1.82, 2.24) is 4.98 Å². The number of allylic oxidation sites excluding steroid dienone is 1. The Morgan fingerprint density at radius 1 is 1.03 bits per heavy atom. The third kappa shape index (κ3) is 5.13. The van der Waals surface area contributed by atoms with E-state index in [1.54, 1.807) is 37.2 Å². The summed E-state index contributed by atoms with van der Waals surface area (Å²) in [4.78, 5) is 16.5. The molecular weight excluding hydrogens is 510 g/mol. The fraction of sp³-hybridized carbons (Fsp3) is 0.226. The van der Waals surface area contributed by atoms with E-state index in [4.69, 9.17) is 19.9 Å². The molecule has 39 heavy (non-hydrogen) atoms. The zero-order valence-electron chi connectivity index (χ0n) is 22.6. The fourth-order valence-electron chi connectivity index (χ4n) is 5.21. The van der Waals surface area contributed by atoms with Gasteiger partial charge < -0.3 is 25.3 Å². The molecule has 3 N–H and O–H groups in total. The monoisotopic (exact) mass is 541 g/mol. The highest BCUT2D eigenvalue weighted by Crippen LogP contribution is 2.47. The van der Waals surface area contributed by atoms with Crippen LogP contribution in [0.5, 0.6) is 17.2 Å². The number of carbonyl (C=O) groups excluding carboxylic acids is 1. The van der Waals surface area contributed by atoms with Crippen molar-refractivity contribution >= 4 is 28.6 Å². The minimum atomic E-state index is -0.520. The van der Waals surface area contributed by atoms with Crippen LogP contribution >= 0.6 is 11.3 Å². The Balaban J connectivity index is 1.67. The first-order valence-electron chi connectivity index (χ1n) is 12.5. The Morgan fingerprint density at radius 2 is 1.77 bits per heavy atom. The number of fused-ring (bicyclic) bond motifs is 1. The van der Waals surface area contributed by atoms with Gasteiger partial charge in [-0.05, 0) is 61.7 Å². The van der Waals surface area contributed by atoms with Gasteiger partial charge >= 0.3 is 5.97 Å². The van der Waals surface area contributed by atoms with Gasteiger partial charge in [0.2, 0.25) is 0 Å². The molecule has 0 bridgehead atoms. The van der Waals surface area contributed by atoms with Crippen molar-refractivity contribution in [2.45, 2.75) is 32.4 Å². The number of nitrogens with one attached hydrogen (secondary N) is 1. The van der Waals surface area contributed by atoms with Crippen molar-refractivity contribution in [3.8, 4) is 28.4 Å². The Bertz CT molecular complexity index is 1560. The minimum absolute atomic E-state index is 0.203. The molecule has 3 aromatic carbocycles. The van der Waals surface area contributed by atoms with E-state index in [0.29, 0.717) is 11.5 Å². The highest BCUT2D eigenvalue weighted by Gasteiger charge is 2.30. The summed E-state index contributed by atoms with van der Waals surface area (Å²) < 4.78 is 17.0. The highest BCUT2D eigenvalue weighted by atomic mass is 32.1. The summed E-state index contributed by atoms with van der Waals surface area (Å²) in [5.74, 6) is 1.11. The molecule has 0 radical (unpaired) electrons. The number of hydrogen-bond acceptors (Lipinski definition) is 8. The molecule has 0 amide bonds. The molecule has 2 heterocycles. The standard InChI is InChI=1S/C31H31N3O4S/c1-18-15-31(2,3)34-23-13-12-21(28(27(18)23)29(32)22-8-6-7-9-25(22)36-4)20-11-10-19(14-26(20)37-5)38-30(35)24-16-39-17-33-24/h6-17,29,34H,32H2,1-5H3. The van der Waals surface area contributed by atoms with Crippen LogP contribution in [-0.2, 0) is 0 Å². The molecule has 1 unspecified atom stereocenters. The van der Waals surface area contributed by atoms with Crippen LogP contribution in [0, 0.1) is 0 Å². The maximum Gasteiger partial charge on any atom is 0.363 e. The second-order valence-electron chi connectivity index (χ2n) is 9.97. The quantitative estimate of drug-likeness (QED) is 0.198. The molecule has 4 aromatic rings. The van der Waals surface area contributed by atoms with Crippen molar-refractivity contribution < 1.29 is 19.0 Å². The van der Waals surface area contributed by atoms with Gasteiger partial charge in [0.15, 0.2) is 5.69 Å². The first-order valence-corrected chi connectivity index (χ1v) is 13.5. The number of carbonyl (C=O) groups is 1. The number of hydrogen-bond donors (Lipinski definition) is 2. The van der Waals surface area contributed by atoms with Crippen molar-refractivity contribution in [2.75, 3.05) is 19.5 Å². The van der Waals surface area contributed by atoms with E-state index in [9.17, 15) is 4.79 Å². The molecule has 0 aliphatic carbocycles. The Morgan fingerprint density at radius 3 is 2.49 bits per heavy atom. The topological polar surface area (TPSA) is 95.7 Å². The molecule has 7 nitrogen and oxygen atoms in total. The molecule has 0 spiro atoms. The highest BCUT2D eigenvalue weighted by molar-refractivity contribution is 7.07. The second-order valence-corrected chi connectivity index (χ2v) is 10.7. The van der Waals surface area contributed by atoms with Gasteiger partial charge in [-0.1, -0.05) is 30.3 Å². The van der Waals surface area contributed by atoms with Crippen LogP contribution < -0.4 is 25.3 Å². The number of nitrogens with zero attached hydrogens (tertiary/aromatic N) is 1. The number of thiazole rings is 1. The van der Waals surface area contributed by atoms with Crippen molar-refractivity contribution in [2.24, 2.45) is 5.73 Å². The Hall–Kier alpha value is -4.14. The zero-order valence-corrected chi connectivity index (χ0v) is 23.4. The van der Waals surface area contributed by atoms with Gasteiger partial charge in [-0.2, -0.15) is 0 Å². The van der Waals surface area contributed by atoms with Gasteiger partial charge in [-0.15, -0.1) is 11.3 Å². The first kappa shape index (κ1) is 26.5. The van der Waals surface area contributed by atoms with E-state index >= 15 is 0 Å². The summed E-state index contributed by atoms with van der Waals surface area (Å²) in [5.41, 5.74) is 15.5. The normalized spacial score (nSPS) is 14.5. The van der Waals surface area contributed by atoms with Crippen LogP contribution in [0.3, 0.4) is 0 Å². The molecule has 1 aliphatic rings. The molecule has 200 valence electrons. The summed E-state index contributed by atoms with van der Waals surface area (Å²) in [6.45, 7) is 6.39. The molecule has 1 aliphatic heterocycles. The summed E-state index contributed by atoms with van der Waals surface area (Å²) in [6, 6.07) is 16.8. The number of esters is 1. The fourth-order valence-corrected chi connectivity index (χ4v) is 5.73. The van der Waals surface area contributed by atoms with Gasteiger partial charge in [-0.25, -0.2) is 9.78 Å². The number of rotatable bonds is 7. The minimum Gasteiger partial charge on any atom is -0.496 e. The van der Waals surface area contributed by atoms with Gasteiger partial charge in [0.05, 0.1) is 31.3 Å². The first-order chi connectivity index (χ1) is 18.7. The number of anilines is 1. The molecule has 1 aromatic heterocycles. The van der Waals surface area contributed by atoms with Gasteiger partial charge in [0, 0.05) is 33.8 Å². The second kappa shape index (κ2) is 10.6. The van der Waals surface area contributed by atoms with E-state index in [-0.39, 0.29) is 11.2 Å². The number of benzene rings is 3. The molecule has 0 fully saturated rings. The van der Waals surface area contributed by atoms with Crippen LogP contribution in [0.4, 0.5) is 5.69 Å². The lowest BCUT2D eigenvalue weighted by Crippen LogP contribution is -2.32. The molecule has 1 atom stereocenters. The number of aromatic nitrogens is 1. The maximum atomic E-state index is 12.5. The molecule has 8 heteroatoms. The van der Waals surface area contributed by atoms with Crippen molar-refractivity contribution in [3.63, 3.8) is 0 Å². The predicted molar refractivity (Wildman–Crippen MR) is 156 cm³/mol. The summed E-state index contributed by atoms with van der Waals surface area (Å²) in [7, 11) is 3.25. The van der Waals surface area contributed by atoms with E-state index < -0.39 is 12.0 Å². The van der Waals surface area contributed by atoms with E-state index in [2.05, 4.69) is 49.3 Å². The Kier molecular flexibility index (Phi) is 7.16. The lowest BCUT2D eigenvalue weighted by Gasteiger charge is -2.35. The molecule has 5 rings (SSSR count). The van der Waals surface area contributed by atoms with Gasteiger partial charge in [0.25, 0.3) is 0 Å². The van der Waals surface area contributed by atoms with Crippen LogP contribution in [0.1, 0.15) is 54.0 Å². The molecule has 0 saturated heterocycles. The average Bonchev–Trinajstić information content (AvgIpc) is 3.47. The van der Waals surface area contributed by atoms with Gasteiger partial charge in [-0.3, -0.25) is 0 Å². The van der Waals surface area contributed by atoms with Gasteiger partial charge in [0.1, 0.15) is 17.2 Å².